The average Bonchev–Trinajstić information content (AvgIpc) is 3.21. The minimum Gasteiger partial charge on any atom is -0.452 e. The number of fused-ring (bicyclic) bond motifs is 1. The molecule has 1 aliphatic heterocycles. The number of hydrogen-bond acceptors (Lipinski definition) is 6. The van der Waals surface area contributed by atoms with E-state index in [4.69, 9.17) is 9.15 Å². The molecule has 2 aromatic carbocycles. The average molecular weight is 379 g/mol. The lowest BCUT2D eigenvalue weighted by Crippen LogP contribution is -2.49. The molecule has 1 saturated heterocycles. The first kappa shape index (κ1) is 18.2. The molecule has 4 rings (SSSR count). The number of piperazine rings is 1. The van der Waals surface area contributed by atoms with Crippen LogP contribution in [0.25, 0.3) is 11.1 Å². The zero-order chi connectivity index (χ0) is 19.3. The number of carbonyl (C=O) groups is 2. The van der Waals surface area contributed by atoms with Crippen LogP contribution in [0.5, 0.6) is 0 Å². The molecule has 7 nitrogen and oxygen atoms in total. The summed E-state index contributed by atoms with van der Waals surface area (Å²) in [6.07, 6.45) is 1.32. The summed E-state index contributed by atoms with van der Waals surface area (Å²) in [5.41, 5.74) is 2.79. The van der Waals surface area contributed by atoms with Crippen molar-refractivity contribution in [2.75, 3.05) is 32.8 Å². The molecule has 1 fully saturated rings. The summed E-state index contributed by atoms with van der Waals surface area (Å²) in [6, 6.07) is 15.1. The second-order valence-electron chi connectivity index (χ2n) is 6.75. The van der Waals surface area contributed by atoms with Crippen LogP contribution in [0.15, 0.2) is 59.3 Å². The van der Waals surface area contributed by atoms with Gasteiger partial charge in [0.25, 0.3) is 5.91 Å². The number of rotatable bonds is 5. The van der Waals surface area contributed by atoms with E-state index in [0.717, 1.165) is 19.6 Å². The van der Waals surface area contributed by atoms with E-state index in [9.17, 15) is 9.59 Å². The zero-order valence-electron chi connectivity index (χ0n) is 15.4. The third-order valence-electron chi connectivity index (χ3n) is 4.87. The maximum Gasteiger partial charge on any atom is 0.338 e. The Morgan fingerprint density at radius 2 is 1.82 bits per heavy atom. The predicted molar refractivity (Wildman–Crippen MR) is 103 cm³/mol. The molecule has 0 saturated carbocycles. The van der Waals surface area contributed by atoms with E-state index in [2.05, 4.69) is 22.0 Å². The van der Waals surface area contributed by atoms with E-state index in [1.807, 2.05) is 18.2 Å². The van der Waals surface area contributed by atoms with Crippen molar-refractivity contribution in [1.29, 1.82) is 0 Å². The highest BCUT2D eigenvalue weighted by Gasteiger charge is 2.22. The number of aromatic nitrogens is 1. The molecule has 0 unspecified atom stereocenters. The lowest BCUT2D eigenvalue weighted by Gasteiger charge is -2.34. The van der Waals surface area contributed by atoms with Crippen LogP contribution in [0.3, 0.4) is 0 Å². The molecule has 1 aromatic heterocycles. The van der Waals surface area contributed by atoms with Gasteiger partial charge in [-0.15, -0.1) is 0 Å². The van der Waals surface area contributed by atoms with Crippen molar-refractivity contribution in [3.63, 3.8) is 0 Å². The minimum atomic E-state index is -0.541. The predicted octanol–water partition coefficient (Wildman–Crippen LogP) is 2.33. The molecule has 3 aromatic rings. The summed E-state index contributed by atoms with van der Waals surface area (Å²) in [5.74, 6) is -0.712. The van der Waals surface area contributed by atoms with Gasteiger partial charge in [-0.1, -0.05) is 30.3 Å². The number of hydrogen-bond donors (Lipinski definition) is 0. The molecule has 1 aliphatic rings. The first-order valence-electron chi connectivity index (χ1n) is 9.23. The van der Waals surface area contributed by atoms with Crippen LogP contribution in [0, 0.1) is 0 Å². The molecule has 0 atom stereocenters. The first-order chi connectivity index (χ1) is 13.7. The summed E-state index contributed by atoms with van der Waals surface area (Å²) in [7, 11) is 0. The third-order valence-corrected chi connectivity index (χ3v) is 4.87. The Labute approximate surface area is 162 Å². The van der Waals surface area contributed by atoms with Crippen LogP contribution >= 0.6 is 0 Å². The Kier molecular flexibility index (Phi) is 5.34. The number of benzene rings is 2. The third kappa shape index (κ3) is 4.20. The Hall–Kier alpha value is -3.19. The summed E-state index contributed by atoms with van der Waals surface area (Å²) >= 11 is 0. The maximum absolute atomic E-state index is 12.4. The number of oxazole rings is 1. The van der Waals surface area contributed by atoms with Gasteiger partial charge in [-0.3, -0.25) is 9.69 Å². The van der Waals surface area contributed by atoms with Crippen molar-refractivity contribution >= 4 is 23.0 Å². The van der Waals surface area contributed by atoms with E-state index >= 15 is 0 Å². The second-order valence-corrected chi connectivity index (χ2v) is 6.75. The van der Waals surface area contributed by atoms with Gasteiger partial charge in [0.2, 0.25) is 0 Å². The zero-order valence-corrected chi connectivity index (χ0v) is 15.4. The van der Waals surface area contributed by atoms with Crippen LogP contribution in [0.2, 0.25) is 0 Å². The lowest BCUT2D eigenvalue weighted by atomic mass is 10.2. The van der Waals surface area contributed by atoms with Gasteiger partial charge in [0.1, 0.15) is 5.52 Å². The summed E-state index contributed by atoms with van der Waals surface area (Å²) in [5, 5.41) is 0. The van der Waals surface area contributed by atoms with Crippen molar-refractivity contribution in [2.24, 2.45) is 0 Å². The molecule has 28 heavy (non-hydrogen) atoms. The van der Waals surface area contributed by atoms with Crippen molar-refractivity contribution in [3.8, 4) is 0 Å². The quantitative estimate of drug-likeness (QED) is 0.634. The van der Waals surface area contributed by atoms with E-state index in [1.165, 1.54) is 12.0 Å². The van der Waals surface area contributed by atoms with Gasteiger partial charge in [-0.05, 0) is 23.8 Å². The Morgan fingerprint density at radius 1 is 1.04 bits per heavy atom. The molecule has 0 N–H and O–H groups in total. The van der Waals surface area contributed by atoms with Gasteiger partial charge >= 0.3 is 5.97 Å². The van der Waals surface area contributed by atoms with E-state index < -0.39 is 5.97 Å². The topological polar surface area (TPSA) is 75.9 Å². The molecule has 0 aliphatic carbocycles. The molecule has 2 heterocycles. The monoisotopic (exact) mass is 379 g/mol. The largest absolute Gasteiger partial charge is 0.452 e. The van der Waals surface area contributed by atoms with Gasteiger partial charge in [0.05, 0.1) is 5.56 Å². The lowest BCUT2D eigenvalue weighted by molar-refractivity contribution is -0.136. The molecular formula is C21H21N3O4. The van der Waals surface area contributed by atoms with Crippen LogP contribution in [-0.4, -0.2) is 59.4 Å². The molecule has 1 amide bonds. The fraction of sp³-hybridized carbons (Fsp3) is 0.286. The van der Waals surface area contributed by atoms with Crippen molar-refractivity contribution in [2.45, 2.75) is 6.54 Å². The Morgan fingerprint density at radius 3 is 2.61 bits per heavy atom. The molecule has 7 heteroatoms. The normalized spacial score (nSPS) is 14.9. The van der Waals surface area contributed by atoms with Crippen LogP contribution < -0.4 is 0 Å². The molecule has 144 valence electrons. The molecule has 0 spiro atoms. The van der Waals surface area contributed by atoms with Gasteiger partial charge in [0.15, 0.2) is 18.6 Å². The second kappa shape index (κ2) is 8.22. The van der Waals surface area contributed by atoms with Gasteiger partial charge in [-0.2, -0.15) is 0 Å². The molecular weight excluding hydrogens is 358 g/mol. The fourth-order valence-electron chi connectivity index (χ4n) is 3.28. The SMILES string of the molecule is O=C(OCC(=O)N1CCN(Cc2ccccc2)CC1)c1ccc2ocnc2c1. The van der Waals surface area contributed by atoms with Gasteiger partial charge < -0.3 is 14.1 Å². The number of nitrogens with zero attached hydrogens (tertiary/aromatic N) is 3. The molecule has 0 bridgehead atoms. The number of ether oxygens (including phenoxy) is 1. The highest BCUT2D eigenvalue weighted by Crippen LogP contribution is 2.15. The van der Waals surface area contributed by atoms with Crippen LogP contribution in [0.4, 0.5) is 0 Å². The first-order valence-corrected chi connectivity index (χ1v) is 9.23. The Balaban J connectivity index is 1.24. The van der Waals surface area contributed by atoms with E-state index in [1.54, 1.807) is 23.1 Å². The van der Waals surface area contributed by atoms with Crippen LogP contribution in [-0.2, 0) is 16.1 Å². The Bertz CT molecular complexity index is 962. The van der Waals surface area contributed by atoms with Crippen molar-refractivity contribution < 1.29 is 18.7 Å². The van der Waals surface area contributed by atoms with E-state index in [-0.39, 0.29) is 12.5 Å². The number of carbonyl (C=O) groups excluding carboxylic acids is 2. The molecule has 0 radical (unpaired) electrons. The fourth-order valence-corrected chi connectivity index (χ4v) is 3.28. The van der Waals surface area contributed by atoms with Gasteiger partial charge in [-0.25, -0.2) is 9.78 Å². The minimum absolute atomic E-state index is 0.171. The number of esters is 1. The summed E-state index contributed by atoms with van der Waals surface area (Å²) < 4.78 is 10.3. The number of amides is 1. The maximum atomic E-state index is 12.4. The van der Waals surface area contributed by atoms with Crippen LogP contribution in [0.1, 0.15) is 15.9 Å². The highest BCUT2D eigenvalue weighted by molar-refractivity contribution is 5.94. The van der Waals surface area contributed by atoms with E-state index in [0.29, 0.717) is 29.8 Å². The van der Waals surface area contributed by atoms with Crippen molar-refractivity contribution in [1.82, 2.24) is 14.8 Å². The smallest absolute Gasteiger partial charge is 0.338 e. The standard InChI is InChI=1S/C21H21N3O4/c25-20(14-27-21(26)17-6-7-19-18(12-17)22-15-28-19)24-10-8-23(9-11-24)13-16-4-2-1-3-5-16/h1-7,12,15H,8-11,13-14H2. The summed E-state index contributed by atoms with van der Waals surface area (Å²) in [6.45, 7) is 3.49. The van der Waals surface area contributed by atoms with Crippen molar-refractivity contribution in [3.05, 3.63) is 66.1 Å². The summed E-state index contributed by atoms with van der Waals surface area (Å²) in [4.78, 5) is 32.6. The van der Waals surface area contributed by atoms with Gasteiger partial charge in [0, 0.05) is 32.7 Å². The highest BCUT2D eigenvalue weighted by atomic mass is 16.5.